The lowest BCUT2D eigenvalue weighted by Crippen LogP contribution is -2.10. The second-order valence-electron chi connectivity index (χ2n) is 3.52. The fourth-order valence-corrected chi connectivity index (χ4v) is 2.09. The maximum atomic E-state index is 5.69. The monoisotopic (exact) mass is 368 g/mol. The molecule has 0 amide bonds. The van der Waals surface area contributed by atoms with E-state index in [1.165, 1.54) is 0 Å². The minimum atomic E-state index is 0.427. The summed E-state index contributed by atoms with van der Waals surface area (Å²) in [5, 5.41) is 0. The maximum absolute atomic E-state index is 5.69. The minimum Gasteiger partial charge on any atom is -0.496 e. The molecule has 16 heavy (non-hydrogen) atoms. The second-order valence-corrected chi connectivity index (χ2v) is 5.59. The maximum Gasteiger partial charge on any atom is 0.134 e. The summed E-state index contributed by atoms with van der Waals surface area (Å²) in [5.41, 5.74) is 0. The Labute approximate surface area is 118 Å². The van der Waals surface area contributed by atoms with Gasteiger partial charge in [0.15, 0.2) is 0 Å². The van der Waals surface area contributed by atoms with Gasteiger partial charge in [-0.05, 0) is 55.7 Å². The van der Waals surface area contributed by atoms with Gasteiger partial charge < -0.3 is 9.47 Å². The first kappa shape index (κ1) is 14.2. The average Bonchev–Trinajstić information content (AvgIpc) is 2.29. The predicted molar refractivity (Wildman–Crippen MR) is 76.9 cm³/mol. The molecular weight excluding hydrogens is 356 g/mol. The molecule has 0 spiro atoms. The first-order valence-corrected chi connectivity index (χ1v) is 7.07. The summed E-state index contributed by atoms with van der Waals surface area (Å²) in [7, 11) is 1.63. The normalized spacial score (nSPS) is 12.3. The third-order valence-corrected chi connectivity index (χ3v) is 3.90. The van der Waals surface area contributed by atoms with Gasteiger partial charge in [0.1, 0.15) is 11.5 Å². The Balaban J connectivity index is 2.77. The van der Waals surface area contributed by atoms with Gasteiger partial charge in [-0.15, -0.1) is 0 Å². The number of rotatable bonds is 5. The van der Waals surface area contributed by atoms with Crippen molar-refractivity contribution in [1.29, 1.82) is 0 Å². The van der Waals surface area contributed by atoms with Crippen molar-refractivity contribution in [2.45, 2.75) is 6.92 Å². The zero-order valence-corrected chi connectivity index (χ0v) is 13.2. The summed E-state index contributed by atoms with van der Waals surface area (Å²) >= 11 is 11.1. The summed E-state index contributed by atoms with van der Waals surface area (Å²) in [4.78, 5) is 0. The highest BCUT2D eigenvalue weighted by atomic mass is 79.9. The average molecular weight is 370 g/mol. The molecule has 0 saturated heterocycles. The summed E-state index contributed by atoms with van der Waals surface area (Å²) in [6.45, 7) is 2.75. The Morgan fingerprint density at radius 2 is 1.81 bits per heavy atom. The Morgan fingerprint density at radius 3 is 2.38 bits per heavy atom. The van der Waals surface area contributed by atoms with Crippen LogP contribution in [0.3, 0.4) is 0 Å². The lowest BCUT2D eigenvalue weighted by Gasteiger charge is -2.13. The molecule has 90 valence electrons. The molecule has 5 heteroatoms. The van der Waals surface area contributed by atoms with E-state index in [4.69, 9.17) is 9.47 Å². The summed E-state index contributed by atoms with van der Waals surface area (Å²) in [6.07, 6.45) is 0. The van der Waals surface area contributed by atoms with Crippen molar-refractivity contribution in [3.05, 3.63) is 21.1 Å². The van der Waals surface area contributed by atoms with E-state index in [2.05, 4.69) is 51.4 Å². The standard InChI is InChI=1S/C11H14Br2O2S/c1-7(6-16)5-15-11-4-8(12)10(14-2)3-9(11)13/h3-4,7,16H,5-6H2,1-2H3. The molecule has 0 aliphatic heterocycles. The topological polar surface area (TPSA) is 18.5 Å². The molecule has 0 aliphatic carbocycles. The minimum absolute atomic E-state index is 0.427. The third kappa shape index (κ3) is 3.86. The molecule has 1 aromatic rings. The van der Waals surface area contributed by atoms with Gasteiger partial charge in [-0.3, -0.25) is 0 Å². The van der Waals surface area contributed by atoms with Crippen molar-refractivity contribution in [3.8, 4) is 11.5 Å². The van der Waals surface area contributed by atoms with Gasteiger partial charge in [0.25, 0.3) is 0 Å². The molecule has 0 fully saturated rings. The molecule has 0 N–H and O–H groups in total. The largest absolute Gasteiger partial charge is 0.496 e. The van der Waals surface area contributed by atoms with Crippen LogP contribution in [0.25, 0.3) is 0 Å². The zero-order valence-electron chi connectivity index (χ0n) is 9.17. The van der Waals surface area contributed by atoms with Crippen LogP contribution < -0.4 is 9.47 Å². The van der Waals surface area contributed by atoms with Gasteiger partial charge in [0.05, 0.1) is 22.7 Å². The van der Waals surface area contributed by atoms with E-state index in [9.17, 15) is 0 Å². The van der Waals surface area contributed by atoms with Crippen molar-refractivity contribution in [2.75, 3.05) is 19.5 Å². The van der Waals surface area contributed by atoms with Gasteiger partial charge >= 0.3 is 0 Å². The van der Waals surface area contributed by atoms with Gasteiger partial charge in [-0.1, -0.05) is 6.92 Å². The van der Waals surface area contributed by atoms with Crippen molar-refractivity contribution in [3.63, 3.8) is 0 Å². The number of benzene rings is 1. The van der Waals surface area contributed by atoms with E-state index in [0.717, 1.165) is 26.2 Å². The summed E-state index contributed by atoms with van der Waals surface area (Å²) in [6, 6.07) is 3.78. The van der Waals surface area contributed by atoms with E-state index >= 15 is 0 Å². The molecule has 1 aromatic carbocycles. The molecule has 2 nitrogen and oxygen atoms in total. The number of halogens is 2. The molecule has 1 unspecified atom stereocenters. The van der Waals surface area contributed by atoms with Gasteiger partial charge in [-0.25, -0.2) is 0 Å². The zero-order chi connectivity index (χ0) is 12.1. The van der Waals surface area contributed by atoms with E-state index in [-0.39, 0.29) is 0 Å². The molecule has 1 rings (SSSR count). The van der Waals surface area contributed by atoms with E-state index < -0.39 is 0 Å². The van der Waals surface area contributed by atoms with Crippen LogP contribution in [-0.4, -0.2) is 19.5 Å². The molecule has 0 aromatic heterocycles. The number of ether oxygens (including phenoxy) is 2. The first-order chi connectivity index (χ1) is 7.58. The van der Waals surface area contributed by atoms with Crippen LogP contribution in [-0.2, 0) is 0 Å². The summed E-state index contributed by atoms with van der Waals surface area (Å²) in [5.74, 6) is 2.83. The fourth-order valence-electron chi connectivity index (χ4n) is 1.06. The molecule has 1 atom stereocenters. The van der Waals surface area contributed by atoms with Crippen LogP contribution in [0, 0.1) is 5.92 Å². The molecule has 0 radical (unpaired) electrons. The van der Waals surface area contributed by atoms with Crippen molar-refractivity contribution in [2.24, 2.45) is 5.92 Å². The Kier molecular flexibility index (Phi) is 6.00. The number of methoxy groups -OCH3 is 1. The Morgan fingerprint density at radius 1 is 1.25 bits per heavy atom. The highest BCUT2D eigenvalue weighted by Gasteiger charge is 2.09. The van der Waals surface area contributed by atoms with Gasteiger partial charge in [-0.2, -0.15) is 12.6 Å². The van der Waals surface area contributed by atoms with Gasteiger partial charge in [0.2, 0.25) is 0 Å². The number of hydrogen-bond acceptors (Lipinski definition) is 3. The SMILES string of the molecule is COc1cc(Br)c(OCC(C)CS)cc1Br. The van der Waals surface area contributed by atoms with Gasteiger partial charge in [0, 0.05) is 0 Å². The molecule has 0 bridgehead atoms. The first-order valence-electron chi connectivity index (χ1n) is 4.85. The number of hydrogen-bond donors (Lipinski definition) is 1. The molecular formula is C11H14Br2O2S. The Bertz CT molecular complexity index is 358. The van der Waals surface area contributed by atoms with Crippen LogP contribution in [0.2, 0.25) is 0 Å². The van der Waals surface area contributed by atoms with Crippen molar-refractivity contribution < 1.29 is 9.47 Å². The quantitative estimate of drug-likeness (QED) is 0.785. The highest BCUT2D eigenvalue weighted by Crippen LogP contribution is 2.36. The summed E-state index contributed by atoms with van der Waals surface area (Å²) < 4.78 is 12.6. The molecule has 0 saturated carbocycles. The molecule has 0 heterocycles. The fraction of sp³-hybridized carbons (Fsp3) is 0.455. The third-order valence-electron chi connectivity index (χ3n) is 2.04. The highest BCUT2D eigenvalue weighted by molar-refractivity contribution is 9.11. The second kappa shape index (κ2) is 6.77. The van der Waals surface area contributed by atoms with Crippen LogP contribution >= 0.6 is 44.5 Å². The predicted octanol–water partition coefficient (Wildman–Crippen LogP) is 4.16. The lowest BCUT2D eigenvalue weighted by molar-refractivity contribution is 0.271. The Hall–Kier alpha value is 0.130. The van der Waals surface area contributed by atoms with Crippen molar-refractivity contribution in [1.82, 2.24) is 0 Å². The smallest absolute Gasteiger partial charge is 0.134 e. The van der Waals surface area contributed by atoms with Crippen molar-refractivity contribution >= 4 is 44.5 Å². The van der Waals surface area contributed by atoms with E-state index in [1.807, 2.05) is 12.1 Å². The molecule has 0 aliphatic rings. The van der Waals surface area contributed by atoms with E-state index in [0.29, 0.717) is 12.5 Å². The van der Waals surface area contributed by atoms with Crippen LogP contribution in [0.1, 0.15) is 6.92 Å². The number of thiol groups is 1. The van der Waals surface area contributed by atoms with Crippen LogP contribution in [0.15, 0.2) is 21.1 Å². The lowest BCUT2D eigenvalue weighted by atomic mass is 10.2. The van der Waals surface area contributed by atoms with Crippen LogP contribution in [0.5, 0.6) is 11.5 Å². The van der Waals surface area contributed by atoms with Crippen LogP contribution in [0.4, 0.5) is 0 Å². The van der Waals surface area contributed by atoms with E-state index in [1.54, 1.807) is 7.11 Å².